The highest BCUT2D eigenvalue weighted by molar-refractivity contribution is 6.10. The molecule has 19 heavy (non-hydrogen) atoms. The van der Waals surface area contributed by atoms with Gasteiger partial charge >= 0.3 is 0 Å². The molecule has 1 aromatic rings. The van der Waals surface area contributed by atoms with Crippen molar-refractivity contribution in [2.45, 2.75) is 25.3 Å². The Kier molecular flexibility index (Phi) is 2.69. The van der Waals surface area contributed by atoms with Gasteiger partial charge in [0, 0.05) is 6.54 Å². The minimum absolute atomic E-state index is 0.0216. The summed E-state index contributed by atoms with van der Waals surface area (Å²) >= 11 is 0. The van der Waals surface area contributed by atoms with Gasteiger partial charge in [-0.25, -0.2) is 0 Å². The third-order valence-electron chi connectivity index (χ3n) is 3.81. The zero-order valence-electron chi connectivity index (χ0n) is 11.1. The first-order valence-electron chi connectivity index (χ1n) is 6.51. The molecule has 5 nitrogen and oxygen atoms in total. The second-order valence-electron chi connectivity index (χ2n) is 4.83. The fourth-order valence-electron chi connectivity index (χ4n) is 2.86. The number of carbonyl (C=O) groups is 1. The molecule has 0 saturated carbocycles. The molecular formula is C14H17N3O2. The molecule has 1 heterocycles. The van der Waals surface area contributed by atoms with Gasteiger partial charge in [0.25, 0.3) is 5.91 Å². The number of hydrogen-bond acceptors (Lipinski definition) is 3. The van der Waals surface area contributed by atoms with Crippen LogP contribution in [-0.4, -0.2) is 25.5 Å². The molecule has 1 amide bonds. The number of methoxy groups -OCH3 is 1. The number of aliphatic imine (C=N–C) groups is 1. The molecule has 2 aliphatic rings. The van der Waals surface area contributed by atoms with Gasteiger partial charge in [0.1, 0.15) is 11.3 Å². The van der Waals surface area contributed by atoms with E-state index in [1.165, 1.54) is 5.56 Å². The Hall–Kier alpha value is -2.04. The van der Waals surface area contributed by atoms with Crippen molar-refractivity contribution in [1.82, 2.24) is 10.6 Å². The molecule has 1 aliphatic carbocycles. The molecule has 1 aromatic carbocycles. The van der Waals surface area contributed by atoms with Crippen LogP contribution in [0.5, 0.6) is 5.75 Å². The van der Waals surface area contributed by atoms with E-state index in [0.29, 0.717) is 12.5 Å². The predicted octanol–water partition coefficient (Wildman–Crippen LogP) is 0.932. The number of nitrogens with one attached hydrogen (secondary N) is 2. The Morgan fingerprint density at radius 1 is 1.47 bits per heavy atom. The number of ether oxygens (including phenoxy) is 1. The summed E-state index contributed by atoms with van der Waals surface area (Å²) in [7, 11) is 1.63. The Labute approximate surface area is 112 Å². The average molecular weight is 259 g/mol. The van der Waals surface area contributed by atoms with Gasteiger partial charge in [0.15, 0.2) is 5.96 Å². The van der Waals surface area contributed by atoms with E-state index in [9.17, 15) is 4.79 Å². The van der Waals surface area contributed by atoms with E-state index in [-0.39, 0.29) is 5.91 Å². The quantitative estimate of drug-likeness (QED) is 0.830. The molecular weight excluding hydrogens is 242 g/mol. The van der Waals surface area contributed by atoms with Gasteiger partial charge in [-0.3, -0.25) is 15.1 Å². The number of aryl methyl sites for hydroxylation is 1. The SMILES string of the molecule is CCN=C1NC(=O)C2(CCc3ccc(OC)cc32)N1. The molecule has 0 bridgehead atoms. The van der Waals surface area contributed by atoms with Crippen LogP contribution < -0.4 is 15.4 Å². The maximum absolute atomic E-state index is 12.4. The molecule has 3 rings (SSSR count). The monoisotopic (exact) mass is 259 g/mol. The Balaban J connectivity index is 2.05. The Bertz CT molecular complexity index is 568. The van der Waals surface area contributed by atoms with Crippen molar-refractivity contribution in [2.24, 2.45) is 4.99 Å². The second kappa shape index (κ2) is 4.26. The van der Waals surface area contributed by atoms with Gasteiger partial charge in [-0.2, -0.15) is 0 Å². The van der Waals surface area contributed by atoms with Crippen LogP contribution in [-0.2, 0) is 16.8 Å². The molecule has 0 aromatic heterocycles. The summed E-state index contributed by atoms with van der Waals surface area (Å²) in [5, 5.41) is 6.08. The molecule has 100 valence electrons. The number of nitrogens with zero attached hydrogens (tertiary/aromatic N) is 1. The van der Waals surface area contributed by atoms with Crippen LogP contribution in [0.2, 0.25) is 0 Å². The molecule has 1 saturated heterocycles. The van der Waals surface area contributed by atoms with Crippen molar-refractivity contribution in [3.05, 3.63) is 29.3 Å². The summed E-state index contributed by atoms with van der Waals surface area (Å²) in [4.78, 5) is 16.6. The van der Waals surface area contributed by atoms with Crippen LogP contribution in [0.3, 0.4) is 0 Å². The minimum Gasteiger partial charge on any atom is -0.497 e. The van der Waals surface area contributed by atoms with E-state index >= 15 is 0 Å². The maximum Gasteiger partial charge on any atom is 0.257 e. The lowest BCUT2D eigenvalue weighted by molar-refractivity contribution is -0.124. The lowest BCUT2D eigenvalue weighted by atomic mass is 9.92. The molecule has 0 radical (unpaired) electrons. The second-order valence-corrected chi connectivity index (χ2v) is 4.83. The lowest BCUT2D eigenvalue weighted by Crippen LogP contribution is -2.41. The number of benzene rings is 1. The average Bonchev–Trinajstić information content (AvgIpc) is 2.93. The molecule has 1 aliphatic heterocycles. The van der Waals surface area contributed by atoms with Crippen LogP contribution in [0.1, 0.15) is 24.5 Å². The van der Waals surface area contributed by atoms with Gasteiger partial charge in [0.05, 0.1) is 7.11 Å². The predicted molar refractivity (Wildman–Crippen MR) is 72.2 cm³/mol. The number of guanidine groups is 1. The van der Waals surface area contributed by atoms with Crippen molar-refractivity contribution in [1.29, 1.82) is 0 Å². The van der Waals surface area contributed by atoms with Gasteiger partial charge in [-0.05, 0) is 43.0 Å². The van der Waals surface area contributed by atoms with Crippen molar-refractivity contribution >= 4 is 11.9 Å². The van der Waals surface area contributed by atoms with Gasteiger partial charge in [-0.1, -0.05) is 6.07 Å². The standard InChI is InChI=1S/C14H17N3O2/c1-3-15-13-16-12(18)14(17-13)7-6-9-4-5-10(19-2)8-11(9)14/h4-5,8H,3,6-7H2,1-2H3,(H2,15,16,17,18). The fraction of sp³-hybridized carbons (Fsp3) is 0.429. The highest BCUT2D eigenvalue weighted by atomic mass is 16.5. The normalized spacial score (nSPS) is 26.4. The zero-order chi connectivity index (χ0) is 13.5. The Morgan fingerprint density at radius 2 is 2.32 bits per heavy atom. The summed E-state index contributed by atoms with van der Waals surface area (Å²) in [5.74, 6) is 1.32. The summed E-state index contributed by atoms with van der Waals surface area (Å²) < 4.78 is 5.26. The molecule has 1 fully saturated rings. The number of rotatable bonds is 2. The third kappa shape index (κ3) is 1.69. The summed E-state index contributed by atoms with van der Waals surface area (Å²) in [6.45, 7) is 2.58. The van der Waals surface area contributed by atoms with Crippen molar-refractivity contribution in [3.63, 3.8) is 0 Å². The van der Waals surface area contributed by atoms with Gasteiger partial charge in [-0.15, -0.1) is 0 Å². The number of amides is 1. The molecule has 1 spiro atoms. The van der Waals surface area contributed by atoms with Gasteiger partial charge in [0.2, 0.25) is 0 Å². The zero-order valence-corrected chi connectivity index (χ0v) is 11.1. The first-order chi connectivity index (χ1) is 9.19. The Morgan fingerprint density at radius 3 is 3.05 bits per heavy atom. The first-order valence-corrected chi connectivity index (χ1v) is 6.51. The summed E-state index contributed by atoms with van der Waals surface area (Å²) in [6.07, 6.45) is 1.64. The molecule has 1 unspecified atom stereocenters. The minimum atomic E-state index is -0.669. The topological polar surface area (TPSA) is 62.7 Å². The van der Waals surface area contributed by atoms with E-state index in [4.69, 9.17) is 4.74 Å². The number of fused-ring (bicyclic) bond motifs is 2. The van der Waals surface area contributed by atoms with Gasteiger partial charge < -0.3 is 10.1 Å². The van der Waals surface area contributed by atoms with Crippen molar-refractivity contribution < 1.29 is 9.53 Å². The van der Waals surface area contributed by atoms with Crippen LogP contribution >= 0.6 is 0 Å². The molecule has 5 heteroatoms. The highest BCUT2D eigenvalue weighted by Crippen LogP contribution is 2.40. The summed E-state index contributed by atoms with van der Waals surface area (Å²) in [5.41, 5.74) is 1.53. The van der Waals surface area contributed by atoms with E-state index in [2.05, 4.69) is 15.6 Å². The van der Waals surface area contributed by atoms with Crippen molar-refractivity contribution in [2.75, 3.05) is 13.7 Å². The first kappa shape index (κ1) is 12.0. The number of hydrogen-bond donors (Lipinski definition) is 2. The van der Waals surface area contributed by atoms with E-state index in [0.717, 1.165) is 24.2 Å². The molecule has 1 atom stereocenters. The van der Waals surface area contributed by atoms with E-state index in [1.807, 2.05) is 25.1 Å². The fourth-order valence-corrected chi connectivity index (χ4v) is 2.86. The van der Waals surface area contributed by atoms with Crippen LogP contribution in [0, 0.1) is 0 Å². The maximum atomic E-state index is 12.4. The largest absolute Gasteiger partial charge is 0.497 e. The smallest absolute Gasteiger partial charge is 0.257 e. The molecule has 2 N–H and O–H groups in total. The van der Waals surface area contributed by atoms with Crippen molar-refractivity contribution in [3.8, 4) is 5.75 Å². The number of carbonyl (C=O) groups excluding carboxylic acids is 1. The third-order valence-corrected chi connectivity index (χ3v) is 3.81. The highest BCUT2D eigenvalue weighted by Gasteiger charge is 2.50. The van der Waals surface area contributed by atoms with Crippen LogP contribution in [0.25, 0.3) is 0 Å². The van der Waals surface area contributed by atoms with E-state index in [1.54, 1.807) is 7.11 Å². The lowest BCUT2D eigenvalue weighted by Gasteiger charge is -2.22. The van der Waals surface area contributed by atoms with Crippen LogP contribution in [0.4, 0.5) is 0 Å². The van der Waals surface area contributed by atoms with E-state index < -0.39 is 5.54 Å². The van der Waals surface area contributed by atoms with Crippen LogP contribution in [0.15, 0.2) is 23.2 Å². The summed E-state index contributed by atoms with van der Waals surface area (Å²) in [6, 6.07) is 5.92.